The number of likely N-dealkylation sites (N-methyl/N-ethyl adjacent to an activating group) is 1. The van der Waals surface area contributed by atoms with Crippen LogP contribution in [0, 0.1) is 0 Å². The lowest BCUT2D eigenvalue weighted by Crippen LogP contribution is -2.44. The molecule has 0 saturated carbocycles. The van der Waals surface area contributed by atoms with Crippen LogP contribution in [0.3, 0.4) is 0 Å². The summed E-state index contributed by atoms with van der Waals surface area (Å²) < 4.78 is 23.5. The Morgan fingerprint density at radius 3 is 2.69 bits per heavy atom. The first-order chi connectivity index (χ1) is 16.8. The van der Waals surface area contributed by atoms with Crippen LogP contribution in [0.25, 0.3) is 21.9 Å². The number of hydrogen-bond acceptors (Lipinski definition) is 6. The van der Waals surface area contributed by atoms with Crippen LogP contribution in [0.15, 0.2) is 61.2 Å². The summed E-state index contributed by atoms with van der Waals surface area (Å²) >= 11 is 0. The maximum absolute atomic E-state index is 13.0. The summed E-state index contributed by atoms with van der Waals surface area (Å²) in [6, 6.07) is 11.0. The zero-order chi connectivity index (χ0) is 24.6. The van der Waals surface area contributed by atoms with Crippen molar-refractivity contribution in [3.8, 4) is 11.1 Å². The Labute approximate surface area is 190 Å². The zero-order valence-corrected chi connectivity index (χ0v) is 17.7. The third-order valence-corrected chi connectivity index (χ3v) is 5.71. The molecule has 1 aliphatic rings. The molecule has 1 aromatic carbocycles. The van der Waals surface area contributed by atoms with Crippen molar-refractivity contribution in [2.75, 3.05) is 43.4 Å². The molecule has 4 aromatic rings. The second kappa shape index (κ2) is 8.39. The Kier molecular flexibility index (Phi) is 4.42. The number of aryl methyl sites for hydroxylation is 1. The van der Waals surface area contributed by atoms with Gasteiger partial charge in [-0.1, -0.05) is 12.1 Å². The minimum Gasteiger partial charge on any atom is -0.354 e. The monoisotopic (exact) mass is 430 g/mol. The van der Waals surface area contributed by atoms with E-state index < -0.39 is 6.98 Å². The molecule has 0 bridgehead atoms. The number of nitrogens with one attached hydrogen (secondary N) is 1. The summed E-state index contributed by atoms with van der Waals surface area (Å²) in [7, 11) is 2.10. The predicted molar refractivity (Wildman–Crippen MR) is 126 cm³/mol. The molecule has 32 heavy (non-hydrogen) atoms. The highest BCUT2D eigenvalue weighted by Crippen LogP contribution is 2.25. The number of aromatic nitrogens is 4. The van der Waals surface area contributed by atoms with E-state index in [4.69, 9.17) is 4.11 Å². The van der Waals surface area contributed by atoms with E-state index in [1.807, 2.05) is 24.3 Å². The first-order valence-corrected chi connectivity index (χ1v) is 10.4. The molecule has 0 aliphatic carbocycles. The molecule has 4 heterocycles. The molecule has 0 unspecified atom stereocenters. The molecule has 3 aromatic heterocycles. The van der Waals surface area contributed by atoms with Gasteiger partial charge in [-0.3, -0.25) is 9.48 Å². The maximum Gasteiger partial charge on any atom is 0.257 e. The molecule has 0 atom stereocenters. The van der Waals surface area contributed by atoms with E-state index in [1.165, 1.54) is 12.4 Å². The van der Waals surface area contributed by atoms with Gasteiger partial charge in [-0.15, -0.1) is 0 Å². The average Bonchev–Trinajstić information content (AvgIpc) is 3.35. The van der Waals surface area contributed by atoms with Crippen molar-refractivity contribution in [3.63, 3.8) is 0 Å². The zero-order valence-electron chi connectivity index (χ0n) is 20.7. The number of fused-ring (bicyclic) bond motifs is 1. The lowest BCUT2D eigenvalue weighted by molar-refractivity contribution is 0.102. The van der Waals surface area contributed by atoms with Crippen LogP contribution in [0.2, 0.25) is 0 Å². The van der Waals surface area contributed by atoms with Crippen LogP contribution in [-0.2, 0) is 6.98 Å². The highest BCUT2D eigenvalue weighted by atomic mass is 16.1. The number of rotatable bonds is 4. The van der Waals surface area contributed by atoms with E-state index in [0.717, 1.165) is 53.0 Å². The Bertz CT molecular complexity index is 1380. The molecular weight excluding hydrogens is 402 g/mol. The molecule has 0 radical (unpaired) electrons. The maximum atomic E-state index is 13.0. The topological polar surface area (TPSA) is 79.2 Å². The lowest BCUT2D eigenvalue weighted by Gasteiger charge is -2.33. The largest absolute Gasteiger partial charge is 0.354 e. The van der Waals surface area contributed by atoms with Crippen molar-refractivity contribution in [1.29, 1.82) is 0 Å². The van der Waals surface area contributed by atoms with Gasteiger partial charge in [0.2, 0.25) is 0 Å². The number of pyridine rings is 2. The fraction of sp³-hybridized carbons (Fsp3) is 0.250. The van der Waals surface area contributed by atoms with Crippen LogP contribution in [-0.4, -0.2) is 63.8 Å². The van der Waals surface area contributed by atoms with Gasteiger partial charge in [0.15, 0.2) is 0 Å². The van der Waals surface area contributed by atoms with Crippen molar-refractivity contribution >= 4 is 28.3 Å². The molecule has 0 spiro atoms. The Morgan fingerprint density at radius 2 is 1.88 bits per heavy atom. The van der Waals surface area contributed by atoms with Crippen LogP contribution in [0.4, 0.5) is 11.6 Å². The summed E-state index contributed by atoms with van der Waals surface area (Å²) in [4.78, 5) is 26.2. The van der Waals surface area contributed by atoms with Crippen molar-refractivity contribution in [1.82, 2.24) is 24.6 Å². The molecule has 1 fully saturated rings. The van der Waals surface area contributed by atoms with Gasteiger partial charge in [-0.25, -0.2) is 9.97 Å². The van der Waals surface area contributed by atoms with Gasteiger partial charge in [-0.05, 0) is 42.3 Å². The Balaban J connectivity index is 1.35. The lowest BCUT2D eigenvalue weighted by atomic mass is 10.1. The molecule has 1 amide bonds. The third kappa shape index (κ3) is 4.17. The highest BCUT2D eigenvalue weighted by Gasteiger charge is 2.17. The third-order valence-electron chi connectivity index (χ3n) is 5.71. The van der Waals surface area contributed by atoms with Crippen molar-refractivity contribution < 1.29 is 8.91 Å². The van der Waals surface area contributed by atoms with Crippen molar-refractivity contribution in [2.24, 2.45) is 6.98 Å². The normalized spacial score (nSPS) is 16.4. The first kappa shape index (κ1) is 16.9. The SMILES string of the molecule is [2H]C([2H])([2H])n1cc(-c2ccc3cnc(NC(=O)c4ccnc(N5CCN(C)CC5)c4)cc3c2)cn1. The number of carbonyl (C=O) groups excluding carboxylic acids is 1. The minimum absolute atomic E-state index is 0.260. The highest BCUT2D eigenvalue weighted by molar-refractivity contribution is 6.05. The molecule has 1 aliphatic heterocycles. The van der Waals surface area contributed by atoms with Crippen LogP contribution in [0.1, 0.15) is 14.5 Å². The fourth-order valence-electron chi connectivity index (χ4n) is 3.82. The number of anilines is 2. The summed E-state index contributed by atoms with van der Waals surface area (Å²) in [6.07, 6.45) is 6.38. The number of nitrogens with zero attached hydrogens (tertiary/aromatic N) is 6. The Morgan fingerprint density at radius 1 is 1.00 bits per heavy atom. The summed E-state index contributed by atoms with van der Waals surface area (Å²) in [5.41, 5.74) is 2.03. The second-order valence-corrected chi connectivity index (χ2v) is 7.95. The van der Waals surface area contributed by atoms with Crippen molar-refractivity contribution in [3.05, 3.63) is 66.7 Å². The van der Waals surface area contributed by atoms with E-state index >= 15 is 0 Å². The van der Waals surface area contributed by atoms with Gasteiger partial charge in [0.05, 0.1) is 6.20 Å². The van der Waals surface area contributed by atoms with Gasteiger partial charge < -0.3 is 15.1 Å². The average molecular weight is 431 g/mol. The predicted octanol–water partition coefficient (Wildman–Crippen LogP) is 3.03. The van der Waals surface area contributed by atoms with Gasteiger partial charge in [0.25, 0.3) is 5.91 Å². The van der Waals surface area contributed by atoms with Gasteiger partial charge in [0.1, 0.15) is 11.6 Å². The minimum atomic E-state index is -2.33. The molecule has 162 valence electrons. The van der Waals surface area contributed by atoms with Crippen molar-refractivity contribution in [2.45, 2.75) is 0 Å². The van der Waals surface area contributed by atoms with E-state index in [2.05, 4.69) is 37.2 Å². The number of amides is 1. The first-order valence-electron chi connectivity index (χ1n) is 11.9. The number of carbonyl (C=O) groups is 1. The van der Waals surface area contributed by atoms with Crippen LogP contribution in [0.5, 0.6) is 0 Å². The van der Waals surface area contributed by atoms with Gasteiger partial charge in [0, 0.05) is 72.4 Å². The summed E-state index contributed by atoms with van der Waals surface area (Å²) in [6.45, 7) is 1.33. The Hall–Kier alpha value is -3.78. The van der Waals surface area contributed by atoms with E-state index in [1.54, 1.807) is 24.5 Å². The molecular formula is C24H25N7O. The van der Waals surface area contributed by atoms with Crippen LogP contribution >= 0.6 is 0 Å². The van der Waals surface area contributed by atoms with E-state index in [0.29, 0.717) is 16.9 Å². The second-order valence-electron chi connectivity index (χ2n) is 7.95. The molecule has 1 saturated heterocycles. The number of benzene rings is 1. The van der Waals surface area contributed by atoms with E-state index in [-0.39, 0.29) is 5.91 Å². The smallest absolute Gasteiger partial charge is 0.257 e. The fourth-order valence-corrected chi connectivity index (χ4v) is 3.82. The standard InChI is InChI=1S/C24H25N7O/c1-29-7-9-31(10-8-29)23-13-18(5-6-25-23)24(32)28-22-12-20-11-17(3-4-19(20)14-26-22)21-15-27-30(2)16-21/h3-6,11-16H,7-10H2,1-2H3,(H,26,28,32)/i2D3. The molecule has 1 N–H and O–H groups in total. The van der Waals surface area contributed by atoms with Gasteiger partial charge >= 0.3 is 0 Å². The van der Waals surface area contributed by atoms with E-state index in [9.17, 15) is 4.79 Å². The van der Waals surface area contributed by atoms with Gasteiger partial charge in [-0.2, -0.15) is 5.10 Å². The molecule has 5 rings (SSSR count). The molecule has 8 nitrogen and oxygen atoms in total. The summed E-state index contributed by atoms with van der Waals surface area (Å²) in [5, 5.41) is 8.59. The quantitative estimate of drug-likeness (QED) is 0.536. The van der Waals surface area contributed by atoms with Crippen LogP contribution < -0.4 is 10.2 Å². The molecule has 8 heteroatoms. The summed E-state index contributed by atoms with van der Waals surface area (Å²) in [5.74, 6) is 0.958. The number of hydrogen-bond donors (Lipinski definition) is 1. The number of piperazine rings is 1.